The first-order chi connectivity index (χ1) is 9.65. The minimum atomic E-state index is -0.453. The van der Waals surface area contributed by atoms with Gasteiger partial charge < -0.3 is 21.5 Å². The molecule has 0 spiro atoms. The summed E-state index contributed by atoms with van der Waals surface area (Å²) in [5.41, 5.74) is 11.1. The molecule has 0 aromatic rings. The SMILES string of the molecule is NC(=O)C1CCC(CN=C(N)NC2CCCCCC2)O1. The molecule has 6 heteroatoms. The zero-order valence-corrected chi connectivity index (χ0v) is 12.0. The number of carbonyl (C=O) groups excluding carboxylic acids is 1. The second kappa shape index (κ2) is 7.47. The predicted octanol–water partition coefficient (Wildman–Crippen LogP) is 0.646. The van der Waals surface area contributed by atoms with Crippen molar-refractivity contribution in [3.8, 4) is 0 Å². The number of amides is 1. The first kappa shape index (κ1) is 15.1. The van der Waals surface area contributed by atoms with Gasteiger partial charge in [0.05, 0.1) is 12.6 Å². The summed E-state index contributed by atoms with van der Waals surface area (Å²) in [6, 6.07) is 0.448. The van der Waals surface area contributed by atoms with Crippen molar-refractivity contribution in [3.05, 3.63) is 0 Å². The second-order valence-corrected chi connectivity index (χ2v) is 5.79. The summed E-state index contributed by atoms with van der Waals surface area (Å²) < 4.78 is 5.52. The van der Waals surface area contributed by atoms with E-state index in [0.717, 1.165) is 6.42 Å². The monoisotopic (exact) mass is 282 g/mol. The van der Waals surface area contributed by atoms with Gasteiger partial charge in [0.2, 0.25) is 5.91 Å². The van der Waals surface area contributed by atoms with Crippen molar-refractivity contribution >= 4 is 11.9 Å². The molecule has 1 saturated heterocycles. The molecular weight excluding hydrogens is 256 g/mol. The molecular formula is C14H26N4O2. The Morgan fingerprint density at radius 3 is 2.40 bits per heavy atom. The van der Waals surface area contributed by atoms with E-state index in [-0.39, 0.29) is 12.0 Å². The lowest BCUT2D eigenvalue weighted by atomic mass is 10.1. The molecule has 0 aromatic heterocycles. The molecule has 2 aliphatic rings. The summed E-state index contributed by atoms with van der Waals surface area (Å²) in [4.78, 5) is 15.3. The number of guanidine groups is 1. The number of rotatable bonds is 4. The third kappa shape index (κ3) is 4.67. The summed E-state index contributed by atoms with van der Waals surface area (Å²) in [6.45, 7) is 0.495. The number of nitrogens with two attached hydrogens (primary N) is 2. The molecule has 1 aliphatic carbocycles. The van der Waals surface area contributed by atoms with E-state index in [1.165, 1.54) is 38.5 Å². The quantitative estimate of drug-likeness (QED) is 0.400. The van der Waals surface area contributed by atoms with Gasteiger partial charge in [-0.1, -0.05) is 25.7 Å². The molecule has 2 atom stereocenters. The van der Waals surface area contributed by atoms with Crippen LogP contribution in [0.25, 0.3) is 0 Å². The molecule has 2 unspecified atom stereocenters. The van der Waals surface area contributed by atoms with Crippen LogP contribution in [-0.2, 0) is 9.53 Å². The number of nitrogens with zero attached hydrogens (tertiary/aromatic N) is 1. The van der Waals surface area contributed by atoms with E-state index in [2.05, 4.69) is 10.3 Å². The molecule has 114 valence electrons. The third-order valence-corrected chi connectivity index (χ3v) is 4.10. The molecule has 0 radical (unpaired) electrons. The van der Waals surface area contributed by atoms with E-state index >= 15 is 0 Å². The maximum Gasteiger partial charge on any atom is 0.246 e. The zero-order valence-electron chi connectivity index (χ0n) is 12.0. The second-order valence-electron chi connectivity index (χ2n) is 5.79. The fraction of sp³-hybridized carbons (Fsp3) is 0.857. The molecule has 1 heterocycles. The van der Waals surface area contributed by atoms with Gasteiger partial charge in [-0.25, -0.2) is 0 Å². The molecule has 0 bridgehead atoms. The summed E-state index contributed by atoms with van der Waals surface area (Å²) >= 11 is 0. The molecule has 1 saturated carbocycles. The predicted molar refractivity (Wildman–Crippen MR) is 78.2 cm³/mol. The van der Waals surface area contributed by atoms with Crippen LogP contribution in [0.4, 0.5) is 0 Å². The van der Waals surface area contributed by atoms with Gasteiger partial charge in [-0.15, -0.1) is 0 Å². The van der Waals surface area contributed by atoms with E-state index in [1.807, 2.05) is 0 Å². The number of aliphatic imine (C=N–C) groups is 1. The van der Waals surface area contributed by atoms with Gasteiger partial charge >= 0.3 is 0 Å². The van der Waals surface area contributed by atoms with Crippen molar-refractivity contribution in [1.29, 1.82) is 0 Å². The van der Waals surface area contributed by atoms with Crippen molar-refractivity contribution in [2.75, 3.05) is 6.54 Å². The van der Waals surface area contributed by atoms with Crippen LogP contribution in [0.2, 0.25) is 0 Å². The highest BCUT2D eigenvalue weighted by Crippen LogP contribution is 2.20. The van der Waals surface area contributed by atoms with Gasteiger partial charge in [0, 0.05) is 6.04 Å². The average molecular weight is 282 g/mol. The van der Waals surface area contributed by atoms with Crippen LogP contribution < -0.4 is 16.8 Å². The Morgan fingerprint density at radius 1 is 1.10 bits per heavy atom. The van der Waals surface area contributed by atoms with Gasteiger partial charge in [-0.3, -0.25) is 9.79 Å². The van der Waals surface area contributed by atoms with Crippen LogP contribution in [0, 0.1) is 0 Å². The van der Waals surface area contributed by atoms with Crippen molar-refractivity contribution in [2.45, 2.75) is 69.6 Å². The molecule has 0 aromatic carbocycles. The maximum atomic E-state index is 11.0. The Hall–Kier alpha value is -1.30. The van der Waals surface area contributed by atoms with E-state index in [4.69, 9.17) is 16.2 Å². The normalized spacial score (nSPS) is 29.1. The van der Waals surface area contributed by atoms with Gasteiger partial charge in [0.25, 0.3) is 0 Å². The van der Waals surface area contributed by atoms with E-state index in [1.54, 1.807) is 0 Å². The average Bonchev–Trinajstić information content (AvgIpc) is 2.75. The summed E-state index contributed by atoms with van der Waals surface area (Å²) in [7, 11) is 0. The number of hydrogen-bond acceptors (Lipinski definition) is 3. The lowest BCUT2D eigenvalue weighted by molar-refractivity contribution is -0.128. The van der Waals surface area contributed by atoms with Crippen molar-refractivity contribution < 1.29 is 9.53 Å². The smallest absolute Gasteiger partial charge is 0.246 e. The number of hydrogen-bond donors (Lipinski definition) is 3. The van der Waals surface area contributed by atoms with Gasteiger partial charge in [-0.05, 0) is 25.7 Å². The van der Waals surface area contributed by atoms with Crippen LogP contribution >= 0.6 is 0 Å². The fourth-order valence-corrected chi connectivity index (χ4v) is 2.93. The highest BCUT2D eigenvalue weighted by Gasteiger charge is 2.28. The Morgan fingerprint density at radius 2 is 1.80 bits per heavy atom. The van der Waals surface area contributed by atoms with Crippen LogP contribution in [0.5, 0.6) is 0 Å². The van der Waals surface area contributed by atoms with E-state index in [9.17, 15) is 4.79 Å². The minimum absolute atomic E-state index is 0.0398. The maximum absolute atomic E-state index is 11.0. The molecule has 20 heavy (non-hydrogen) atoms. The summed E-state index contributed by atoms with van der Waals surface area (Å²) in [5, 5.41) is 3.30. The number of nitrogens with one attached hydrogen (secondary N) is 1. The highest BCUT2D eigenvalue weighted by molar-refractivity contribution is 5.79. The largest absolute Gasteiger partial charge is 0.370 e. The molecule has 2 rings (SSSR count). The zero-order chi connectivity index (χ0) is 14.4. The summed E-state index contributed by atoms with van der Waals surface area (Å²) in [6.07, 6.45) is 8.50. The van der Waals surface area contributed by atoms with E-state index < -0.39 is 6.10 Å². The van der Waals surface area contributed by atoms with Gasteiger partial charge in [-0.2, -0.15) is 0 Å². The topological polar surface area (TPSA) is 103 Å². The highest BCUT2D eigenvalue weighted by atomic mass is 16.5. The van der Waals surface area contributed by atoms with Crippen LogP contribution in [0.15, 0.2) is 4.99 Å². The molecule has 6 nitrogen and oxygen atoms in total. The number of primary amides is 1. The van der Waals surface area contributed by atoms with Crippen LogP contribution in [0.3, 0.4) is 0 Å². The molecule has 2 fully saturated rings. The van der Waals surface area contributed by atoms with Gasteiger partial charge in [0.1, 0.15) is 6.10 Å². The Labute approximate surface area is 120 Å². The van der Waals surface area contributed by atoms with E-state index in [0.29, 0.717) is 25.0 Å². The van der Waals surface area contributed by atoms with Crippen molar-refractivity contribution in [1.82, 2.24) is 5.32 Å². The first-order valence-electron chi connectivity index (χ1n) is 7.66. The van der Waals surface area contributed by atoms with Crippen LogP contribution in [-0.4, -0.2) is 36.7 Å². The Kier molecular flexibility index (Phi) is 5.64. The fourth-order valence-electron chi connectivity index (χ4n) is 2.93. The molecule has 5 N–H and O–H groups in total. The van der Waals surface area contributed by atoms with Crippen LogP contribution in [0.1, 0.15) is 51.4 Å². The van der Waals surface area contributed by atoms with Crippen molar-refractivity contribution in [3.63, 3.8) is 0 Å². The van der Waals surface area contributed by atoms with Gasteiger partial charge in [0.15, 0.2) is 5.96 Å². The number of ether oxygens (including phenoxy) is 1. The minimum Gasteiger partial charge on any atom is -0.370 e. The third-order valence-electron chi connectivity index (χ3n) is 4.10. The Bertz CT molecular complexity index is 351. The Balaban J connectivity index is 1.72. The first-order valence-corrected chi connectivity index (χ1v) is 7.66. The molecule has 1 aliphatic heterocycles. The number of carbonyl (C=O) groups is 1. The molecule has 1 amide bonds. The lowest BCUT2D eigenvalue weighted by Gasteiger charge is -2.17. The standard InChI is InChI=1S/C14H26N4O2/c15-13(19)12-8-7-11(20-12)9-17-14(16)18-10-5-3-1-2-4-6-10/h10-12H,1-9H2,(H2,15,19)(H3,16,17,18). The van der Waals surface area contributed by atoms with Crippen molar-refractivity contribution in [2.24, 2.45) is 16.5 Å². The summed E-state index contributed by atoms with van der Waals surface area (Å²) in [5.74, 6) is 0.101. The lowest BCUT2D eigenvalue weighted by Crippen LogP contribution is -2.40.